The number of carbonyl (C=O) groups is 2. The van der Waals surface area contributed by atoms with Gasteiger partial charge >= 0.3 is 5.97 Å². The second kappa shape index (κ2) is 7.05. The molecular weight excluding hydrogens is 256 g/mol. The minimum Gasteiger partial charge on any atom is -0.481 e. The second-order valence-electron chi connectivity index (χ2n) is 5.38. The van der Waals surface area contributed by atoms with Gasteiger partial charge in [0.25, 0.3) is 5.91 Å². The fourth-order valence-electron chi connectivity index (χ4n) is 1.69. The molecule has 0 heterocycles. The smallest absolute Gasteiger partial charge is 0.310 e. The van der Waals surface area contributed by atoms with Crippen molar-refractivity contribution in [2.24, 2.45) is 5.41 Å². The number of rotatable bonds is 7. The number of carboxylic acid groups (broad SMARTS) is 1. The van der Waals surface area contributed by atoms with E-state index in [-0.39, 0.29) is 12.5 Å². The van der Waals surface area contributed by atoms with E-state index >= 15 is 0 Å². The highest BCUT2D eigenvalue weighted by Crippen LogP contribution is 2.14. The molecule has 0 saturated carbocycles. The number of amides is 1. The Bertz CT molecular complexity index is 484. The standard InChI is InChI=1S/C15H22N2O3/c1-15(2,14(19)20)10-17-13(18)12-7-5-4-6-11(12)8-9-16-3/h4-7,16H,8-10H2,1-3H3,(H,17,18)(H,19,20). The third-order valence-electron chi connectivity index (χ3n) is 3.18. The average Bonchev–Trinajstić information content (AvgIpc) is 2.42. The van der Waals surface area contributed by atoms with Crippen molar-refractivity contribution >= 4 is 11.9 Å². The quantitative estimate of drug-likeness (QED) is 0.702. The number of aliphatic carboxylic acids is 1. The number of hydrogen-bond acceptors (Lipinski definition) is 3. The molecule has 1 rings (SSSR count). The average molecular weight is 278 g/mol. The largest absolute Gasteiger partial charge is 0.481 e. The molecule has 0 radical (unpaired) electrons. The molecule has 0 aromatic heterocycles. The minimum absolute atomic E-state index is 0.0987. The lowest BCUT2D eigenvalue weighted by Crippen LogP contribution is -2.39. The molecule has 3 N–H and O–H groups in total. The summed E-state index contributed by atoms with van der Waals surface area (Å²) in [6.45, 7) is 4.05. The van der Waals surface area contributed by atoms with Crippen LogP contribution in [0.5, 0.6) is 0 Å². The van der Waals surface area contributed by atoms with E-state index in [1.54, 1.807) is 26.0 Å². The van der Waals surface area contributed by atoms with Crippen LogP contribution in [0.1, 0.15) is 29.8 Å². The molecule has 0 atom stereocenters. The lowest BCUT2D eigenvalue weighted by atomic mass is 9.93. The van der Waals surface area contributed by atoms with Gasteiger partial charge in [-0.3, -0.25) is 9.59 Å². The van der Waals surface area contributed by atoms with E-state index in [0.717, 1.165) is 18.5 Å². The van der Waals surface area contributed by atoms with E-state index in [9.17, 15) is 9.59 Å². The molecule has 0 bridgehead atoms. The summed E-state index contributed by atoms with van der Waals surface area (Å²) in [5.74, 6) is -1.16. The first kappa shape index (κ1) is 16.2. The molecule has 20 heavy (non-hydrogen) atoms. The predicted molar refractivity (Wildman–Crippen MR) is 77.8 cm³/mol. The van der Waals surface area contributed by atoms with Crippen molar-refractivity contribution < 1.29 is 14.7 Å². The highest BCUT2D eigenvalue weighted by molar-refractivity contribution is 5.96. The first-order chi connectivity index (χ1) is 9.38. The summed E-state index contributed by atoms with van der Waals surface area (Å²) in [6, 6.07) is 7.37. The van der Waals surface area contributed by atoms with Crippen LogP contribution in [0, 0.1) is 5.41 Å². The molecule has 5 heteroatoms. The van der Waals surface area contributed by atoms with Gasteiger partial charge in [0.15, 0.2) is 0 Å². The minimum atomic E-state index is -0.977. The monoisotopic (exact) mass is 278 g/mol. The zero-order valence-electron chi connectivity index (χ0n) is 12.2. The fourth-order valence-corrected chi connectivity index (χ4v) is 1.69. The van der Waals surface area contributed by atoms with Crippen LogP contribution >= 0.6 is 0 Å². The summed E-state index contributed by atoms with van der Waals surface area (Å²) < 4.78 is 0. The predicted octanol–water partition coefficient (Wildman–Crippen LogP) is 1.29. The van der Waals surface area contributed by atoms with Gasteiger partial charge in [0.2, 0.25) is 0 Å². The Labute approximate surface area is 119 Å². The molecule has 0 unspecified atom stereocenters. The first-order valence-electron chi connectivity index (χ1n) is 6.62. The summed E-state index contributed by atoms with van der Waals surface area (Å²) in [5.41, 5.74) is 0.576. The van der Waals surface area contributed by atoms with Crippen LogP contribution in [0.3, 0.4) is 0 Å². The van der Waals surface area contributed by atoms with E-state index in [0.29, 0.717) is 5.56 Å². The van der Waals surface area contributed by atoms with Crippen LogP contribution in [0.4, 0.5) is 0 Å². The summed E-state index contributed by atoms with van der Waals surface area (Å²) >= 11 is 0. The number of nitrogens with one attached hydrogen (secondary N) is 2. The molecule has 0 aliphatic heterocycles. The normalized spacial score (nSPS) is 11.2. The maximum Gasteiger partial charge on any atom is 0.310 e. The van der Waals surface area contributed by atoms with Crippen LogP contribution in [-0.2, 0) is 11.2 Å². The van der Waals surface area contributed by atoms with E-state index < -0.39 is 11.4 Å². The Hall–Kier alpha value is -1.88. The Morgan fingerprint density at radius 3 is 2.50 bits per heavy atom. The topological polar surface area (TPSA) is 78.4 Å². The Morgan fingerprint density at radius 2 is 1.90 bits per heavy atom. The second-order valence-corrected chi connectivity index (χ2v) is 5.38. The van der Waals surface area contributed by atoms with Crippen LogP contribution < -0.4 is 10.6 Å². The highest BCUT2D eigenvalue weighted by atomic mass is 16.4. The van der Waals surface area contributed by atoms with Crippen molar-refractivity contribution in [2.75, 3.05) is 20.1 Å². The zero-order valence-corrected chi connectivity index (χ0v) is 12.2. The van der Waals surface area contributed by atoms with Crippen LogP contribution in [-0.4, -0.2) is 37.1 Å². The maximum absolute atomic E-state index is 12.2. The van der Waals surface area contributed by atoms with Crippen molar-refractivity contribution in [3.8, 4) is 0 Å². The number of carboxylic acids is 1. The van der Waals surface area contributed by atoms with Gasteiger partial charge in [-0.25, -0.2) is 0 Å². The zero-order chi connectivity index (χ0) is 15.2. The van der Waals surface area contributed by atoms with Gasteiger partial charge < -0.3 is 15.7 Å². The van der Waals surface area contributed by atoms with Crippen molar-refractivity contribution in [3.63, 3.8) is 0 Å². The fraction of sp³-hybridized carbons (Fsp3) is 0.467. The van der Waals surface area contributed by atoms with Gasteiger partial charge in [0, 0.05) is 12.1 Å². The third-order valence-corrected chi connectivity index (χ3v) is 3.18. The van der Waals surface area contributed by atoms with Gasteiger partial charge in [0.1, 0.15) is 0 Å². The van der Waals surface area contributed by atoms with Crippen molar-refractivity contribution in [1.82, 2.24) is 10.6 Å². The molecule has 0 fully saturated rings. The van der Waals surface area contributed by atoms with E-state index in [2.05, 4.69) is 10.6 Å². The molecule has 1 aromatic carbocycles. The van der Waals surface area contributed by atoms with E-state index in [1.807, 2.05) is 19.2 Å². The number of hydrogen-bond donors (Lipinski definition) is 3. The Morgan fingerprint density at radius 1 is 1.25 bits per heavy atom. The lowest BCUT2D eigenvalue weighted by Gasteiger charge is -2.20. The highest BCUT2D eigenvalue weighted by Gasteiger charge is 2.27. The van der Waals surface area contributed by atoms with Gasteiger partial charge in [-0.15, -0.1) is 0 Å². The van der Waals surface area contributed by atoms with Gasteiger partial charge in [0.05, 0.1) is 5.41 Å². The Balaban J connectivity index is 2.75. The number of benzene rings is 1. The summed E-state index contributed by atoms with van der Waals surface area (Å²) in [5, 5.41) is 14.8. The molecule has 5 nitrogen and oxygen atoms in total. The molecule has 1 aromatic rings. The van der Waals surface area contributed by atoms with Crippen LogP contribution in [0.15, 0.2) is 24.3 Å². The molecule has 110 valence electrons. The van der Waals surface area contributed by atoms with Crippen LogP contribution in [0.2, 0.25) is 0 Å². The molecule has 0 aliphatic rings. The number of likely N-dealkylation sites (N-methyl/N-ethyl adjacent to an activating group) is 1. The molecule has 1 amide bonds. The summed E-state index contributed by atoms with van der Waals surface area (Å²) in [7, 11) is 1.86. The van der Waals surface area contributed by atoms with Crippen molar-refractivity contribution in [2.45, 2.75) is 20.3 Å². The Kier molecular flexibility index (Phi) is 5.70. The van der Waals surface area contributed by atoms with E-state index in [4.69, 9.17) is 5.11 Å². The summed E-state index contributed by atoms with van der Waals surface area (Å²) in [6.07, 6.45) is 0.752. The van der Waals surface area contributed by atoms with Gasteiger partial charge in [-0.1, -0.05) is 18.2 Å². The first-order valence-corrected chi connectivity index (χ1v) is 6.62. The van der Waals surface area contributed by atoms with Gasteiger partial charge in [-0.05, 0) is 45.5 Å². The van der Waals surface area contributed by atoms with Crippen molar-refractivity contribution in [3.05, 3.63) is 35.4 Å². The molecule has 0 aliphatic carbocycles. The van der Waals surface area contributed by atoms with E-state index in [1.165, 1.54) is 0 Å². The van der Waals surface area contributed by atoms with Crippen molar-refractivity contribution in [1.29, 1.82) is 0 Å². The SMILES string of the molecule is CNCCc1ccccc1C(=O)NCC(C)(C)C(=O)O. The van der Waals surface area contributed by atoms with Gasteiger partial charge in [-0.2, -0.15) is 0 Å². The molecular formula is C15H22N2O3. The molecule has 0 saturated heterocycles. The lowest BCUT2D eigenvalue weighted by molar-refractivity contribution is -0.146. The van der Waals surface area contributed by atoms with Crippen LogP contribution in [0.25, 0.3) is 0 Å². The third kappa shape index (κ3) is 4.35. The maximum atomic E-state index is 12.2. The summed E-state index contributed by atoms with van der Waals surface area (Å²) in [4.78, 5) is 23.2. The number of carbonyl (C=O) groups excluding carboxylic acids is 1. The molecule has 0 spiro atoms.